The first kappa shape index (κ1) is 88.6. The van der Waals surface area contributed by atoms with E-state index in [2.05, 4.69) is 90.0 Å². The molecule has 0 N–H and O–H groups in total. The molecule has 0 bridgehead atoms. The van der Waals surface area contributed by atoms with Crippen molar-refractivity contribution < 1.29 is 64.2 Å². The molecule has 0 aromatic carbocycles. The molecule has 0 rings (SSSR count). The monoisotopic (exact) mass is 1060 g/mol. The summed E-state index contributed by atoms with van der Waals surface area (Å²) in [5.74, 6) is -7.45. The molecule has 0 aromatic heterocycles. The molecule has 70 heavy (non-hydrogen) atoms. The first-order valence-corrected chi connectivity index (χ1v) is 26.3. The minimum atomic E-state index is -4.43. The zero-order valence-electron chi connectivity index (χ0n) is 52.4. The van der Waals surface area contributed by atoms with Gasteiger partial charge in [0.05, 0.1) is 24.7 Å². The Hall–Kier alpha value is -0.980. The molecular formula is C56H120F14. The van der Waals surface area contributed by atoms with E-state index in [0.717, 1.165) is 58.3 Å². The van der Waals surface area contributed by atoms with Crippen LogP contribution in [0.1, 0.15) is 286 Å². The van der Waals surface area contributed by atoms with Gasteiger partial charge >= 0.3 is 12.4 Å². The fourth-order valence-corrected chi connectivity index (χ4v) is 2.03. The molecule has 4 unspecified atom stereocenters. The Morgan fingerprint density at radius 2 is 0.657 bits per heavy atom. The number of hydrogen-bond donors (Lipinski definition) is 0. The second-order valence-corrected chi connectivity index (χ2v) is 20.2. The summed E-state index contributed by atoms with van der Waals surface area (Å²) in [6.45, 7) is 49.0. The quantitative estimate of drug-likeness (QED) is 0.143. The number of rotatable bonds is 15. The van der Waals surface area contributed by atoms with Crippen molar-refractivity contribution in [1.29, 1.82) is 0 Å². The largest absolute Gasteiger partial charge is 0.391 e. The molecule has 442 valence electrons. The van der Waals surface area contributed by atoms with Gasteiger partial charge in [0.15, 0.2) is 0 Å². The summed E-state index contributed by atoms with van der Waals surface area (Å²) in [6.07, 6.45) is -2.18. The Morgan fingerprint density at radius 3 is 0.657 bits per heavy atom. The molecule has 0 aliphatic heterocycles. The summed E-state index contributed by atoms with van der Waals surface area (Å²) < 4.78 is 177. The van der Waals surface area contributed by atoms with E-state index in [0.29, 0.717) is 24.7 Å². The van der Waals surface area contributed by atoms with Crippen LogP contribution in [-0.2, 0) is 0 Å². The standard InChI is InChI=1S/C6H14.2C5H9F3.3C5H10F2.2C5H11F.3C5H12/c1-5-6(2,3)4;2*1-3-4(2)5(6,7)8;2*1-3-4-5(2,6)7;1-3-5(6,7)4-2;1-3-5(2)4-6;1-3-4-5(2)6;3*1-4-5(2)3/h5H2,1-4H3;2*4H,3H2,1-2H3;3*3-4H2,1-2H3;2*5H,3-4H2,1-2H3;3*5H,4H2,1-3H3/i;3D2;;;;;;;;;. The van der Waals surface area contributed by atoms with Gasteiger partial charge in [0.2, 0.25) is 17.8 Å². The Kier molecular flexibility index (Phi) is 74.6. The fourth-order valence-electron chi connectivity index (χ4n) is 2.03. The highest BCUT2D eigenvalue weighted by atomic mass is 19.4. The van der Waals surface area contributed by atoms with Crippen LogP contribution in [0.4, 0.5) is 61.5 Å². The number of hydrogen-bond acceptors (Lipinski definition) is 0. The molecule has 4 atom stereocenters. The van der Waals surface area contributed by atoms with Gasteiger partial charge in [-0.1, -0.05) is 218 Å². The molecule has 0 spiro atoms. The molecule has 0 saturated heterocycles. The summed E-state index contributed by atoms with van der Waals surface area (Å²) in [4.78, 5) is 0. The van der Waals surface area contributed by atoms with E-state index in [1.54, 1.807) is 20.8 Å². The fraction of sp³-hybridized carbons (Fsp3) is 1.00. The Balaban J connectivity index is -0.0000000636. The summed E-state index contributed by atoms with van der Waals surface area (Å²) in [7, 11) is 0. The average molecular weight is 1060 g/mol. The molecule has 0 amide bonds. The molecule has 0 nitrogen and oxygen atoms in total. The van der Waals surface area contributed by atoms with Crippen molar-refractivity contribution >= 4 is 0 Å². The van der Waals surface area contributed by atoms with Gasteiger partial charge in [0.1, 0.15) is 0 Å². The predicted octanol–water partition coefficient (Wildman–Crippen LogP) is 25.3. The first-order valence-electron chi connectivity index (χ1n) is 27.3. The molecule has 0 aliphatic rings. The first-order chi connectivity index (χ1) is 31.8. The highest BCUT2D eigenvalue weighted by Crippen LogP contribution is 2.28. The highest BCUT2D eigenvalue weighted by molar-refractivity contribution is 4.60. The van der Waals surface area contributed by atoms with Gasteiger partial charge in [-0.05, 0) is 69.1 Å². The topological polar surface area (TPSA) is 0 Å². The maximum Gasteiger partial charge on any atom is 0.391 e. The SMILES string of the molecule is CCC(C)(C)C.CCC(C)C.CCC(C)C.CCC(C)C.CCC(C)C(F)(F)F.CCC(C)CF.CCC(F)(F)CC.CCCC(C)(F)F.CCCC(C)(F)F.CCCC(C)F.[2H]C([2H])(C)C(C)C(F)(F)F. The van der Waals surface area contributed by atoms with E-state index in [-0.39, 0.29) is 44.7 Å². The summed E-state index contributed by atoms with van der Waals surface area (Å²) in [5, 5.41) is 0. The Labute approximate surface area is 430 Å². The van der Waals surface area contributed by atoms with Crippen LogP contribution in [0.5, 0.6) is 0 Å². The lowest BCUT2D eigenvalue weighted by Gasteiger charge is -2.12. The van der Waals surface area contributed by atoms with Crippen molar-refractivity contribution in [3.05, 3.63) is 0 Å². The average Bonchev–Trinajstić information content (AvgIpc) is 3.22. The molecule has 0 fully saturated rings. The minimum Gasteiger partial charge on any atom is -0.251 e. The van der Waals surface area contributed by atoms with Crippen LogP contribution in [0, 0.1) is 40.9 Å². The number of halogens is 14. The van der Waals surface area contributed by atoms with Crippen LogP contribution < -0.4 is 0 Å². The van der Waals surface area contributed by atoms with E-state index in [1.165, 1.54) is 53.4 Å². The molecule has 0 aromatic rings. The van der Waals surface area contributed by atoms with E-state index < -0.39 is 54.5 Å². The van der Waals surface area contributed by atoms with E-state index in [9.17, 15) is 61.5 Å². The predicted molar refractivity (Wildman–Crippen MR) is 284 cm³/mol. The lowest BCUT2D eigenvalue weighted by atomic mass is 9.94. The third-order valence-corrected chi connectivity index (χ3v) is 9.66. The van der Waals surface area contributed by atoms with Crippen LogP contribution in [0.3, 0.4) is 0 Å². The zero-order valence-corrected chi connectivity index (χ0v) is 50.4. The molecule has 0 radical (unpaired) electrons. The summed E-state index contributed by atoms with van der Waals surface area (Å²) in [5.41, 5.74) is 0.542. The Morgan fingerprint density at radius 1 is 0.400 bits per heavy atom. The van der Waals surface area contributed by atoms with Gasteiger partial charge in [-0.3, -0.25) is 4.39 Å². The van der Waals surface area contributed by atoms with Crippen molar-refractivity contribution in [3.63, 3.8) is 0 Å². The third-order valence-electron chi connectivity index (χ3n) is 9.66. The van der Waals surface area contributed by atoms with Crippen molar-refractivity contribution in [3.8, 4) is 0 Å². The van der Waals surface area contributed by atoms with Crippen molar-refractivity contribution in [2.75, 3.05) is 6.67 Å². The maximum absolute atomic E-state index is 11.9. The van der Waals surface area contributed by atoms with Crippen molar-refractivity contribution in [2.45, 2.75) is 319 Å². The summed E-state index contributed by atoms with van der Waals surface area (Å²) >= 11 is 0. The minimum absolute atomic E-state index is 0.00694. The highest BCUT2D eigenvalue weighted by Gasteiger charge is 2.34. The van der Waals surface area contributed by atoms with Crippen LogP contribution in [0.25, 0.3) is 0 Å². The maximum atomic E-state index is 11.9. The lowest BCUT2D eigenvalue weighted by Crippen LogP contribution is -2.18. The molecule has 0 saturated carbocycles. The zero-order chi connectivity index (χ0) is 61.1. The second kappa shape index (κ2) is 58.9. The van der Waals surface area contributed by atoms with Crippen LogP contribution in [0.15, 0.2) is 0 Å². The van der Waals surface area contributed by atoms with Gasteiger partial charge in [0, 0.05) is 28.4 Å². The van der Waals surface area contributed by atoms with Gasteiger partial charge in [-0.25, -0.2) is 30.7 Å². The lowest BCUT2D eigenvalue weighted by molar-refractivity contribution is -0.170. The number of alkyl halides is 14. The second-order valence-electron chi connectivity index (χ2n) is 20.2. The van der Waals surface area contributed by atoms with Gasteiger partial charge in [-0.15, -0.1) is 0 Å². The van der Waals surface area contributed by atoms with E-state index in [4.69, 9.17) is 2.74 Å². The van der Waals surface area contributed by atoms with Crippen molar-refractivity contribution in [2.24, 2.45) is 40.9 Å². The van der Waals surface area contributed by atoms with Gasteiger partial charge in [0.25, 0.3) is 0 Å². The molecule has 0 aliphatic carbocycles. The van der Waals surface area contributed by atoms with Gasteiger partial charge in [-0.2, -0.15) is 26.3 Å². The van der Waals surface area contributed by atoms with Gasteiger partial charge < -0.3 is 0 Å². The van der Waals surface area contributed by atoms with Crippen LogP contribution in [0.2, 0.25) is 0 Å². The van der Waals surface area contributed by atoms with E-state index >= 15 is 0 Å². The van der Waals surface area contributed by atoms with Crippen molar-refractivity contribution in [1.82, 2.24) is 0 Å². The summed E-state index contributed by atoms with van der Waals surface area (Å²) in [6, 6.07) is 0. The van der Waals surface area contributed by atoms with Crippen LogP contribution >= 0.6 is 0 Å². The Bertz CT molecular complexity index is 916. The molecular weight excluding hydrogens is 939 g/mol. The smallest absolute Gasteiger partial charge is 0.251 e. The van der Waals surface area contributed by atoms with E-state index in [1.807, 2.05) is 20.8 Å². The van der Waals surface area contributed by atoms with Crippen LogP contribution in [-0.4, -0.2) is 43.0 Å². The third kappa shape index (κ3) is 144. The molecule has 14 heteroatoms. The molecule has 0 heterocycles. The normalized spacial score (nSPS) is 13.5.